The van der Waals surface area contributed by atoms with E-state index in [1.54, 1.807) is 0 Å². The average Bonchev–Trinajstić information content (AvgIpc) is 2.84. The largest absolute Gasteiger partial charge is 0.329 e. The summed E-state index contributed by atoms with van der Waals surface area (Å²) in [6.07, 6.45) is 7.40. The van der Waals surface area contributed by atoms with E-state index < -0.39 is 0 Å². The minimum Gasteiger partial charge on any atom is -0.329 e. The Hall–Kier alpha value is -0.930. The van der Waals surface area contributed by atoms with Crippen LogP contribution >= 0.6 is 0 Å². The van der Waals surface area contributed by atoms with E-state index in [1.807, 2.05) is 18.3 Å². The Kier molecular flexibility index (Phi) is 4.51. The SMILES string of the molecule is CN(CC1CCCC1)C(CN)c1ccccn1. The van der Waals surface area contributed by atoms with Crippen LogP contribution in [0.2, 0.25) is 0 Å². The molecular formula is C14H23N3. The van der Waals surface area contributed by atoms with Gasteiger partial charge in [0.25, 0.3) is 0 Å². The van der Waals surface area contributed by atoms with Crippen LogP contribution < -0.4 is 5.73 Å². The van der Waals surface area contributed by atoms with E-state index >= 15 is 0 Å². The van der Waals surface area contributed by atoms with Crippen molar-refractivity contribution in [2.45, 2.75) is 31.7 Å². The number of aromatic nitrogens is 1. The van der Waals surface area contributed by atoms with E-state index in [2.05, 4.69) is 23.0 Å². The van der Waals surface area contributed by atoms with Gasteiger partial charge in [-0.2, -0.15) is 0 Å². The third-order valence-electron chi connectivity index (χ3n) is 3.81. The van der Waals surface area contributed by atoms with Gasteiger partial charge >= 0.3 is 0 Å². The third-order valence-corrected chi connectivity index (χ3v) is 3.81. The lowest BCUT2D eigenvalue weighted by molar-refractivity contribution is 0.209. The Labute approximate surface area is 104 Å². The lowest BCUT2D eigenvalue weighted by Gasteiger charge is -2.28. The molecule has 2 N–H and O–H groups in total. The lowest BCUT2D eigenvalue weighted by atomic mass is 10.1. The standard InChI is InChI=1S/C14H23N3/c1-17(11-12-6-2-3-7-12)14(10-15)13-8-4-5-9-16-13/h4-5,8-9,12,14H,2-3,6-7,10-11,15H2,1H3. The molecule has 0 amide bonds. The van der Waals surface area contributed by atoms with Gasteiger partial charge in [-0.3, -0.25) is 9.88 Å². The summed E-state index contributed by atoms with van der Waals surface area (Å²) in [5.41, 5.74) is 6.99. The number of nitrogens with zero attached hydrogens (tertiary/aromatic N) is 2. The molecule has 1 aliphatic rings. The molecule has 2 rings (SSSR count). The Morgan fingerprint density at radius 1 is 1.41 bits per heavy atom. The molecule has 1 fully saturated rings. The van der Waals surface area contributed by atoms with Crippen LogP contribution in [0.5, 0.6) is 0 Å². The molecule has 94 valence electrons. The van der Waals surface area contributed by atoms with Crippen LogP contribution in [0.15, 0.2) is 24.4 Å². The van der Waals surface area contributed by atoms with Gasteiger partial charge < -0.3 is 5.73 Å². The molecule has 17 heavy (non-hydrogen) atoms. The van der Waals surface area contributed by atoms with Crippen LogP contribution in [0, 0.1) is 5.92 Å². The number of pyridine rings is 1. The molecule has 1 aromatic heterocycles. The molecule has 0 bridgehead atoms. The molecule has 0 aliphatic heterocycles. The van der Waals surface area contributed by atoms with E-state index in [9.17, 15) is 0 Å². The summed E-state index contributed by atoms with van der Waals surface area (Å²) >= 11 is 0. The number of nitrogens with two attached hydrogens (primary N) is 1. The monoisotopic (exact) mass is 233 g/mol. The van der Waals surface area contributed by atoms with Crippen molar-refractivity contribution < 1.29 is 0 Å². The van der Waals surface area contributed by atoms with Crippen LogP contribution in [0.25, 0.3) is 0 Å². The molecule has 3 nitrogen and oxygen atoms in total. The Morgan fingerprint density at radius 3 is 2.76 bits per heavy atom. The normalized spacial score (nSPS) is 18.8. The van der Waals surface area contributed by atoms with Gasteiger partial charge in [0.2, 0.25) is 0 Å². The minimum absolute atomic E-state index is 0.261. The highest BCUT2D eigenvalue weighted by Gasteiger charge is 2.22. The summed E-state index contributed by atoms with van der Waals surface area (Å²) in [4.78, 5) is 6.80. The Balaban J connectivity index is 1.97. The van der Waals surface area contributed by atoms with Crippen LogP contribution in [0.4, 0.5) is 0 Å². The zero-order valence-corrected chi connectivity index (χ0v) is 10.7. The molecule has 0 aromatic carbocycles. The van der Waals surface area contributed by atoms with E-state index in [-0.39, 0.29) is 6.04 Å². The van der Waals surface area contributed by atoms with Gasteiger partial charge in [-0.15, -0.1) is 0 Å². The van der Waals surface area contributed by atoms with Gasteiger partial charge in [0.05, 0.1) is 11.7 Å². The number of hydrogen-bond acceptors (Lipinski definition) is 3. The smallest absolute Gasteiger partial charge is 0.0642 e. The van der Waals surface area contributed by atoms with E-state index in [4.69, 9.17) is 5.73 Å². The highest BCUT2D eigenvalue weighted by molar-refractivity contribution is 5.09. The fraction of sp³-hybridized carbons (Fsp3) is 0.643. The molecule has 3 heteroatoms. The molecule has 1 saturated carbocycles. The first-order valence-electron chi connectivity index (χ1n) is 6.62. The fourth-order valence-corrected chi connectivity index (χ4v) is 2.83. The van der Waals surface area contributed by atoms with Gasteiger partial charge in [0.15, 0.2) is 0 Å². The highest BCUT2D eigenvalue weighted by atomic mass is 15.1. The van der Waals surface area contributed by atoms with Gasteiger partial charge in [-0.05, 0) is 37.9 Å². The predicted octanol–water partition coefficient (Wildman–Crippen LogP) is 2.20. The Morgan fingerprint density at radius 2 is 2.18 bits per heavy atom. The zero-order valence-electron chi connectivity index (χ0n) is 10.7. The maximum atomic E-state index is 5.90. The first-order chi connectivity index (χ1) is 8.31. The zero-order chi connectivity index (χ0) is 12.1. The van der Waals surface area contributed by atoms with Crippen LogP contribution in [-0.2, 0) is 0 Å². The summed E-state index contributed by atoms with van der Waals surface area (Å²) in [6, 6.07) is 6.32. The van der Waals surface area contributed by atoms with Crippen molar-refractivity contribution in [3.63, 3.8) is 0 Å². The van der Waals surface area contributed by atoms with E-state index in [0.29, 0.717) is 6.54 Å². The highest BCUT2D eigenvalue weighted by Crippen LogP contribution is 2.27. The molecule has 1 unspecified atom stereocenters. The van der Waals surface area contributed by atoms with E-state index in [0.717, 1.165) is 18.2 Å². The average molecular weight is 233 g/mol. The van der Waals surface area contributed by atoms with Crippen molar-refractivity contribution in [1.29, 1.82) is 0 Å². The van der Waals surface area contributed by atoms with Crippen LogP contribution in [0.1, 0.15) is 37.4 Å². The number of rotatable bonds is 5. The molecule has 0 spiro atoms. The van der Waals surface area contributed by atoms with Crippen LogP contribution in [0.3, 0.4) is 0 Å². The minimum atomic E-state index is 0.261. The summed E-state index contributed by atoms with van der Waals surface area (Å²) in [5.74, 6) is 0.859. The molecular weight excluding hydrogens is 210 g/mol. The van der Waals surface area contributed by atoms with Gasteiger partial charge in [0, 0.05) is 19.3 Å². The summed E-state index contributed by atoms with van der Waals surface area (Å²) in [7, 11) is 2.17. The first-order valence-corrected chi connectivity index (χ1v) is 6.62. The van der Waals surface area contributed by atoms with Crippen molar-refractivity contribution in [2.75, 3.05) is 20.1 Å². The molecule has 1 heterocycles. The van der Waals surface area contributed by atoms with Crippen molar-refractivity contribution >= 4 is 0 Å². The van der Waals surface area contributed by atoms with Crippen molar-refractivity contribution in [3.8, 4) is 0 Å². The number of likely N-dealkylation sites (N-methyl/N-ethyl adjacent to an activating group) is 1. The molecule has 0 radical (unpaired) electrons. The van der Waals surface area contributed by atoms with Crippen molar-refractivity contribution in [1.82, 2.24) is 9.88 Å². The summed E-state index contributed by atoms with van der Waals surface area (Å²) in [6.45, 7) is 1.79. The molecule has 1 atom stereocenters. The second-order valence-electron chi connectivity index (χ2n) is 5.10. The van der Waals surface area contributed by atoms with Crippen LogP contribution in [-0.4, -0.2) is 30.0 Å². The first kappa shape index (κ1) is 12.5. The van der Waals surface area contributed by atoms with E-state index in [1.165, 1.54) is 25.7 Å². The maximum Gasteiger partial charge on any atom is 0.0642 e. The van der Waals surface area contributed by atoms with Crippen molar-refractivity contribution in [2.24, 2.45) is 11.7 Å². The fourth-order valence-electron chi connectivity index (χ4n) is 2.83. The summed E-state index contributed by atoms with van der Waals surface area (Å²) in [5, 5.41) is 0. The molecule has 0 saturated heterocycles. The Bertz CT molecular complexity index is 319. The lowest BCUT2D eigenvalue weighted by Crippen LogP contribution is -2.34. The third kappa shape index (κ3) is 3.27. The quantitative estimate of drug-likeness (QED) is 0.848. The van der Waals surface area contributed by atoms with Gasteiger partial charge in [-0.1, -0.05) is 18.9 Å². The topological polar surface area (TPSA) is 42.1 Å². The van der Waals surface area contributed by atoms with Crippen molar-refractivity contribution in [3.05, 3.63) is 30.1 Å². The molecule has 1 aliphatic carbocycles. The predicted molar refractivity (Wildman–Crippen MR) is 70.6 cm³/mol. The molecule has 1 aromatic rings. The summed E-state index contributed by atoms with van der Waals surface area (Å²) < 4.78 is 0. The second kappa shape index (κ2) is 6.12. The van der Waals surface area contributed by atoms with Gasteiger partial charge in [0.1, 0.15) is 0 Å². The number of hydrogen-bond donors (Lipinski definition) is 1. The second-order valence-corrected chi connectivity index (χ2v) is 5.10. The maximum absolute atomic E-state index is 5.90. The van der Waals surface area contributed by atoms with Gasteiger partial charge in [-0.25, -0.2) is 0 Å².